The van der Waals surface area contributed by atoms with Gasteiger partial charge in [-0.3, -0.25) is 14.7 Å². The van der Waals surface area contributed by atoms with E-state index in [1.54, 1.807) is 6.92 Å². The lowest BCUT2D eigenvalue weighted by molar-refractivity contribution is -0.129. The molecule has 0 aliphatic carbocycles. The summed E-state index contributed by atoms with van der Waals surface area (Å²) in [5.41, 5.74) is 2.41. The van der Waals surface area contributed by atoms with Crippen LogP contribution in [0.3, 0.4) is 0 Å². The number of aromatic nitrogens is 1. The zero-order chi connectivity index (χ0) is 21.1. The number of rotatable bonds is 4. The molecule has 2 aliphatic rings. The maximum atomic E-state index is 12.3. The Bertz CT molecular complexity index is 854. The molecule has 1 atom stereocenters. The number of fused-ring (bicyclic) bond motifs is 1. The van der Waals surface area contributed by atoms with Crippen LogP contribution < -0.4 is 0 Å². The van der Waals surface area contributed by atoms with Crippen LogP contribution in [0.4, 0.5) is 0 Å². The average molecular weight is 409 g/mol. The van der Waals surface area contributed by atoms with E-state index < -0.39 is 0 Å². The predicted molar refractivity (Wildman–Crippen MR) is 122 cm³/mol. The third kappa shape index (κ3) is 4.84. The average Bonchev–Trinajstić information content (AvgIpc) is 2.97. The third-order valence-electron chi connectivity index (χ3n) is 7.04. The highest BCUT2D eigenvalue weighted by molar-refractivity contribution is 5.81. The molecule has 0 N–H and O–H groups in total. The van der Waals surface area contributed by atoms with Gasteiger partial charge in [0.25, 0.3) is 0 Å². The molecule has 3 heterocycles. The molecule has 2 aliphatic heterocycles. The molecule has 2 fully saturated rings. The number of amides is 1. The number of benzene rings is 1. The van der Waals surface area contributed by atoms with Gasteiger partial charge in [0, 0.05) is 56.8 Å². The zero-order valence-electron chi connectivity index (χ0n) is 18.8. The highest BCUT2D eigenvalue weighted by atomic mass is 16.2. The first-order valence-corrected chi connectivity index (χ1v) is 11.6. The maximum Gasteiger partial charge on any atom is 0.219 e. The summed E-state index contributed by atoms with van der Waals surface area (Å²) in [6, 6.07) is 11.9. The van der Waals surface area contributed by atoms with Gasteiger partial charge in [0.2, 0.25) is 5.91 Å². The second kappa shape index (κ2) is 9.44. The Morgan fingerprint density at radius 1 is 1.07 bits per heavy atom. The van der Waals surface area contributed by atoms with Crippen molar-refractivity contribution < 1.29 is 4.79 Å². The molecule has 1 aromatic carbocycles. The Morgan fingerprint density at radius 3 is 2.57 bits per heavy atom. The molecule has 0 spiro atoms. The summed E-state index contributed by atoms with van der Waals surface area (Å²) in [4.78, 5) is 24.2. The smallest absolute Gasteiger partial charge is 0.219 e. The molecule has 162 valence electrons. The highest BCUT2D eigenvalue weighted by Gasteiger charge is 2.31. The lowest BCUT2D eigenvalue weighted by Gasteiger charge is -2.40. The van der Waals surface area contributed by atoms with Gasteiger partial charge in [0.15, 0.2) is 0 Å². The van der Waals surface area contributed by atoms with E-state index >= 15 is 0 Å². The minimum Gasteiger partial charge on any atom is -0.341 e. The minimum atomic E-state index is 0.201. The van der Waals surface area contributed by atoms with Gasteiger partial charge >= 0.3 is 0 Å². The lowest BCUT2D eigenvalue weighted by atomic mass is 9.95. The number of carbonyl (C=O) groups excluding carboxylic acids is 1. The van der Waals surface area contributed by atoms with Crippen molar-refractivity contribution in [3.63, 3.8) is 0 Å². The van der Waals surface area contributed by atoms with E-state index in [0.29, 0.717) is 18.0 Å². The largest absolute Gasteiger partial charge is 0.341 e. The van der Waals surface area contributed by atoms with Crippen molar-refractivity contribution in [1.29, 1.82) is 0 Å². The van der Waals surface area contributed by atoms with Gasteiger partial charge in [-0.15, -0.1) is 0 Å². The standard InChI is InChI=1S/C25H36N4O/c1-19(2)27-12-9-24(10-13-27)29-15-14-28(20(3)30)17-21(18-29)16-23-7-4-6-22-8-5-11-26-25(22)23/h4-8,11,19,21,24H,9-10,12-18H2,1-3H3. The molecular formula is C25H36N4O. The first kappa shape index (κ1) is 21.3. The van der Waals surface area contributed by atoms with Gasteiger partial charge in [-0.05, 0) is 63.7 Å². The summed E-state index contributed by atoms with van der Waals surface area (Å²) in [6.07, 6.45) is 5.33. The van der Waals surface area contributed by atoms with Crippen LogP contribution in [0.5, 0.6) is 0 Å². The molecule has 1 aromatic heterocycles. The van der Waals surface area contributed by atoms with Crippen LogP contribution in [0.15, 0.2) is 36.5 Å². The molecule has 0 radical (unpaired) electrons. The molecule has 0 saturated carbocycles. The summed E-state index contributed by atoms with van der Waals surface area (Å²) < 4.78 is 0. The van der Waals surface area contributed by atoms with Crippen LogP contribution in [0.25, 0.3) is 10.9 Å². The molecule has 5 heteroatoms. The van der Waals surface area contributed by atoms with E-state index in [-0.39, 0.29) is 5.91 Å². The van der Waals surface area contributed by atoms with Gasteiger partial charge in [0.1, 0.15) is 0 Å². The fraction of sp³-hybridized carbons (Fsp3) is 0.600. The Hall–Kier alpha value is -1.98. The topological polar surface area (TPSA) is 39.7 Å². The quantitative estimate of drug-likeness (QED) is 0.777. The number of piperidine rings is 1. The summed E-state index contributed by atoms with van der Waals surface area (Å²) >= 11 is 0. The molecule has 0 bridgehead atoms. The van der Waals surface area contributed by atoms with Crippen molar-refractivity contribution >= 4 is 16.8 Å². The van der Waals surface area contributed by atoms with E-state index in [0.717, 1.165) is 38.1 Å². The summed E-state index contributed by atoms with van der Waals surface area (Å²) in [5.74, 6) is 0.639. The Morgan fingerprint density at radius 2 is 1.83 bits per heavy atom. The van der Waals surface area contributed by atoms with Crippen molar-refractivity contribution in [1.82, 2.24) is 19.7 Å². The predicted octanol–water partition coefficient (Wildman–Crippen LogP) is 3.43. The lowest BCUT2D eigenvalue weighted by Crippen LogP contribution is -2.48. The number of pyridine rings is 1. The van der Waals surface area contributed by atoms with Crippen LogP contribution in [-0.4, -0.2) is 76.9 Å². The van der Waals surface area contributed by atoms with E-state index in [9.17, 15) is 4.79 Å². The van der Waals surface area contributed by atoms with Gasteiger partial charge in [-0.1, -0.05) is 24.3 Å². The van der Waals surface area contributed by atoms with Crippen molar-refractivity contribution in [3.8, 4) is 0 Å². The maximum absolute atomic E-state index is 12.3. The van der Waals surface area contributed by atoms with Crippen molar-refractivity contribution in [3.05, 3.63) is 42.1 Å². The van der Waals surface area contributed by atoms with Crippen molar-refractivity contribution in [2.45, 2.75) is 52.1 Å². The van der Waals surface area contributed by atoms with Gasteiger partial charge in [-0.25, -0.2) is 0 Å². The van der Waals surface area contributed by atoms with Crippen LogP contribution in [0, 0.1) is 5.92 Å². The second-order valence-electron chi connectivity index (χ2n) is 9.38. The highest BCUT2D eigenvalue weighted by Crippen LogP contribution is 2.25. The zero-order valence-corrected chi connectivity index (χ0v) is 18.8. The van der Waals surface area contributed by atoms with Crippen molar-refractivity contribution in [2.75, 3.05) is 39.3 Å². The van der Waals surface area contributed by atoms with E-state index in [2.05, 4.69) is 57.8 Å². The fourth-order valence-corrected chi connectivity index (χ4v) is 5.29. The fourth-order valence-electron chi connectivity index (χ4n) is 5.29. The molecule has 1 unspecified atom stereocenters. The molecule has 4 rings (SSSR count). The van der Waals surface area contributed by atoms with Gasteiger partial charge < -0.3 is 9.80 Å². The third-order valence-corrected chi connectivity index (χ3v) is 7.04. The number of likely N-dealkylation sites (tertiary alicyclic amines) is 1. The van der Waals surface area contributed by atoms with Crippen LogP contribution in [0.2, 0.25) is 0 Å². The van der Waals surface area contributed by atoms with E-state index in [4.69, 9.17) is 0 Å². The molecule has 2 saturated heterocycles. The van der Waals surface area contributed by atoms with Crippen LogP contribution in [0.1, 0.15) is 39.2 Å². The Kier molecular flexibility index (Phi) is 6.69. The van der Waals surface area contributed by atoms with E-state index in [1.807, 2.05) is 12.3 Å². The first-order valence-electron chi connectivity index (χ1n) is 11.6. The van der Waals surface area contributed by atoms with Gasteiger partial charge in [0.05, 0.1) is 5.52 Å². The number of hydrogen-bond donors (Lipinski definition) is 0. The van der Waals surface area contributed by atoms with Crippen LogP contribution >= 0.6 is 0 Å². The number of nitrogens with zero attached hydrogens (tertiary/aromatic N) is 4. The minimum absolute atomic E-state index is 0.201. The summed E-state index contributed by atoms with van der Waals surface area (Å²) in [5, 5.41) is 1.20. The number of hydrogen-bond acceptors (Lipinski definition) is 4. The number of para-hydroxylation sites is 1. The second-order valence-corrected chi connectivity index (χ2v) is 9.38. The molecule has 1 amide bonds. The molecule has 30 heavy (non-hydrogen) atoms. The molecular weight excluding hydrogens is 372 g/mol. The van der Waals surface area contributed by atoms with E-state index in [1.165, 1.54) is 36.9 Å². The van der Waals surface area contributed by atoms with Crippen molar-refractivity contribution in [2.24, 2.45) is 5.92 Å². The van der Waals surface area contributed by atoms with Crippen LogP contribution in [-0.2, 0) is 11.2 Å². The first-order chi connectivity index (χ1) is 14.5. The Balaban J connectivity index is 1.51. The number of carbonyl (C=O) groups is 1. The Labute approximate surface area is 181 Å². The molecule has 5 nitrogen and oxygen atoms in total. The SMILES string of the molecule is CC(=O)N1CCN(C2CCN(C(C)C)CC2)CC(Cc2cccc3cccnc23)C1. The normalized spacial score (nSPS) is 22.5. The van der Waals surface area contributed by atoms with Gasteiger partial charge in [-0.2, -0.15) is 0 Å². The summed E-state index contributed by atoms with van der Waals surface area (Å²) in [6.45, 7) is 12.4. The molecule has 2 aromatic rings. The summed E-state index contributed by atoms with van der Waals surface area (Å²) in [7, 11) is 0. The monoisotopic (exact) mass is 408 g/mol.